The Balaban J connectivity index is 1.53. The number of rotatable bonds is 3. The third-order valence-electron chi connectivity index (χ3n) is 5.10. The lowest BCUT2D eigenvalue weighted by Crippen LogP contribution is -2.38. The van der Waals surface area contributed by atoms with Gasteiger partial charge in [-0.3, -0.25) is 4.79 Å². The number of carbonyl (C=O) groups excluding carboxylic acids is 1. The molecular formula is C20H23N5O2S. The van der Waals surface area contributed by atoms with Gasteiger partial charge in [-0.2, -0.15) is 0 Å². The predicted molar refractivity (Wildman–Crippen MR) is 106 cm³/mol. The maximum atomic E-state index is 12.9. The van der Waals surface area contributed by atoms with Crippen molar-refractivity contribution in [2.24, 2.45) is 0 Å². The van der Waals surface area contributed by atoms with Gasteiger partial charge in [0.2, 0.25) is 0 Å². The van der Waals surface area contributed by atoms with Gasteiger partial charge in [-0.15, -0.1) is 11.3 Å². The first-order valence-corrected chi connectivity index (χ1v) is 10.2. The second-order valence-electron chi connectivity index (χ2n) is 7.26. The molecule has 3 aromatic rings. The fourth-order valence-electron chi connectivity index (χ4n) is 3.71. The van der Waals surface area contributed by atoms with Crippen LogP contribution in [-0.4, -0.2) is 44.0 Å². The van der Waals surface area contributed by atoms with Crippen LogP contribution in [0.1, 0.15) is 56.3 Å². The summed E-state index contributed by atoms with van der Waals surface area (Å²) in [7, 11) is 0. The molecule has 0 radical (unpaired) electrons. The van der Waals surface area contributed by atoms with E-state index in [0.29, 0.717) is 18.8 Å². The van der Waals surface area contributed by atoms with E-state index in [-0.39, 0.29) is 11.8 Å². The number of amides is 1. The van der Waals surface area contributed by atoms with Crippen molar-refractivity contribution in [3.63, 3.8) is 0 Å². The summed E-state index contributed by atoms with van der Waals surface area (Å²) in [5, 5.41) is 4.92. The average molecular weight is 398 g/mol. The lowest BCUT2D eigenvalue weighted by atomic mass is 9.90. The Kier molecular flexibility index (Phi) is 4.97. The first kappa shape index (κ1) is 18.7. The summed E-state index contributed by atoms with van der Waals surface area (Å²) in [5.41, 5.74) is 3.53. The van der Waals surface area contributed by atoms with E-state index in [2.05, 4.69) is 15.1 Å². The molecule has 0 unspecified atom stereocenters. The SMILES string of the molecule is Cc1cc(-c2cnc(C)nc2C2CCN(C(=O)c3sc(C)nc3C)CC2)on1. The second kappa shape index (κ2) is 7.43. The molecule has 1 aliphatic heterocycles. The van der Waals surface area contributed by atoms with Crippen molar-refractivity contribution in [2.45, 2.75) is 46.5 Å². The topological polar surface area (TPSA) is 85.0 Å². The molecule has 1 aliphatic rings. The molecule has 0 bridgehead atoms. The third-order valence-corrected chi connectivity index (χ3v) is 6.16. The Labute approximate surface area is 167 Å². The highest BCUT2D eigenvalue weighted by Gasteiger charge is 2.29. The van der Waals surface area contributed by atoms with Crippen molar-refractivity contribution in [2.75, 3.05) is 13.1 Å². The van der Waals surface area contributed by atoms with Crippen molar-refractivity contribution in [1.82, 2.24) is 25.0 Å². The van der Waals surface area contributed by atoms with Crippen molar-refractivity contribution >= 4 is 17.2 Å². The minimum absolute atomic E-state index is 0.0894. The molecule has 0 spiro atoms. The van der Waals surface area contributed by atoms with Crippen LogP contribution in [0.2, 0.25) is 0 Å². The molecule has 4 rings (SSSR count). The van der Waals surface area contributed by atoms with E-state index in [1.807, 2.05) is 44.9 Å². The quantitative estimate of drug-likeness (QED) is 0.667. The van der Waals surface area contributed by atoms with Crippen LogP contribution in [0, 0.1) is 27.7 Å². The molecule has 0 aromatic carbocycles. The lowest BCUT2D eigenvalue weighted by molar-refractivity contribution is 0.0716. The van der Waals surface area contributed by atoms with Gasteiger partial charge >= 0.3 is 0 Å². The smallest absolute Gasteiger partial charge is 0.265 e. The van der Waals surface area contributed by atoms with Crippen molar-refractivity contribution in [3.8, 4) is 11.3 Å². The number of thiazole rings is 1. The molecule has 28 heavy (non-hydrogen) atoms. The number of nitrogens with zero attached hydrogens (tertiary/aromatic N) is 5. The zero-order valence-corrected chi connectivity index (χ0v) is 17.3. The van der Waals surface area contributed by atoms with Gasteiger partial charge in [-0.1, -0.05) is 5.16 Å². The van der Waals surface area contributed by atoms with Crippen molar-refractivity contribution in [3.05, 3.63) is 45.1 Å². The fraction of sp³-hybridized carbons (Fsp3) is 0.450. The van der Waals surface area contributed by atoms with Crippen LogP contribution in [0.15, 0.2) is 16.8 Å². The van der Waals surface area contributed by atoms with Gasteiger partial charge < -0.3 is 9.42 Å². The van der Waals surface area contributed by atoms with Gasteiger partial charge in [0.25, 0.3) is 5.91 Å². The van der Waals surface area contributed by atoms with Gasteiger partial charge in [-0.05, 0) is 40.5 Å². The summed E-state index contributed by atoms with van der Waals surface area (Å²) >= 11 is 1.48. The number of hydrogen-bond donors (Lipinski definition) is 0. The number of aryl methyl sites for hydroxylation is 4. The Morgan fingerprint density at radius 1 is 1.18 bits per heavy atom. The zero-order chi connectivity index (χ0) is 19.8. The summed E-state index contributed by atoms with van der Waals surface area (Å²) in [6, 6.07) is 1.91. The molecule has 0 saturated carbocycles. The molecule has 3 aromatic heterocycles. The first-order valence-electron chi connectivity index (χ1n) is 9.43. The van der Waals surface area contributed by atoms with Crippen LogP contribution in [0.5, 0.6) is 0 Å². The molecule has 8 heteroatoms. The highest BCUT2D eigenvalue weighted by Crippen LogP contribution is 2.34. The summed E-state index contributed by atoms with van der Waals surface area (Å²) in [6.45, 7) is 9.04. The normalized spacial score (nSPS) is 15.2. The molecule has 1 saturated heterocycles. The molecule has 0 atom stereocenters. The van der Waals surface area contributed by atoms with Crippen LogP contribution in [0.25, 0.3) is 11.3 Å². The highest BCUT2D eigenvalue weighted by molar-refractivity contribution is 7.13. The second-order valence-corrected chi connectivity index (χ2v) is 8.47. The largest absolute Gasteiger partial charge is 0.356 e. The molecule has 1 amide bonds. The van der Waals surface area contributed by atoms with Crippen LogP contribution < -0.4 is 0 Å². The van der Waals surface area contributed by atoms with Crippen molar-refractivity contribution < 1.29 is 9.32 Å². The molecule has 0 aliphatic carbocycles. The highest BCUT2D eigenvalue weighted by atomic mass is 32.1. The maximum Gasteiger partial charge on any atom is 0.265 e. The van der Waals surface area contributed by atoms with Gasteiger partial charge in [-0.25, -0.2) is 15.0 Å². The minimum atomic E-state index is 0.0894. The third kappa shape index (κ3) is 3.56. The standard InChI is InChI=1S/C20H23N5O2S/c1-11-9-17(27-24-11)16-10-21-13(3)23-18(16)15-5-7-25(8-6-15)20(26)19-12(2)22-14(4)28-19/h9-10,15H,5-8H2,1-4H3. The van der Waals surface area contributed by atoms with Crippen molar-refractivity contribution in [1.29, 1.82) is 0 Å². The minimum Gasteiger partial charge on any atom is -0.356 e. The zero-order valence-electron chi connectivity index (χ0n) is 16.5. The molecule has 1 fully saturated rings. The number of hydrogen-bond acceptors (Lipinski definition) is 7. The summed E-state index contributed by atoms with van der Waals surface area (Å²) in [6.07, 6.45) is 3.54. The Morgan fingerprint density at radius 3 is 2.54 bits per heavy atom. The molecule has 0 N–H and O–H groups in total. The predicted octanol–water partition coefficient (Wildman–Crippen LogP) is 3.84. The Morgan fingerprint density at radius 2 is 1.93 bits per heavy atom. The van der Waals surface area contributed by atoms with E-state index in [1.165, 1.54) is 11.3 Å². The number of piperidine rings is 1. The van der Waals surface area contributed by atoms with E-state index < -0.39 is 0 Å². The van der Waals surface area contributed by atoms with Gasteiger partial charge in [0.1, 0.15) is 10.7 Å². The Bertz CT molecular complexity index is 1020. The number of likely N-dealkylation sites (tertiary alicyclic amines) is 1. The van der Waals surface area contributed by atoms with E-state index in [4.69, 9.17) is 9.51 Å². The summed E-state index contributed by atoms with van der Waals surface area (Å²) < 4.78 is 5.45. The van der Waals surface area contributed by atoms with Gasteiger partial charge in [0.15, 0.2) is 5.76 Å². The van der Waals surface area contributed by atoms with Gasteiger partial charge in [0.05, 0.1) is 27.7 Å². The van der Waals surface area contributed by atoms with Crippen LogP contribution in [0.4, 0.5) is 0 Å². The maximum absolute atomic E-state index is 12.9. The Hall–Kier alpha value is -2.61. The fourth-order valence-corrected chi connectivity index (χ4v) is 4.60. The summed E-state index contributed by atoms with van der Waals surface area (Å²) in [5.74, 6) is 1.79. The molecule has 146 valence electrons. The molecule has 7 nitrogen and oxygen atoms in total. The molecular weight excluding hydrogens is 374 g/mol. The van der Waals surface area contributed by atoms with Gasteiger partial charge in [0, 0.05) is 31.3 Å². The van der Waals surface area contributed by atoms with Crippen LogP contribution >= 0.6 is 11.3 Å². The van der Waals surface area contributed by atoms with Crippen LogP contribution in [0.3, 0.4) is 0 Å². The van der Waals surface area contributed by atoms with Crippen LogP contribution in [-0.2, 0) is 0 Å². The van der Waals surface area contributed by atoms with E-state index in [9.17, 15) is 4.79 Å². The first-order chi connectivity index (χ1) is 13.4. The van der Waals surface area contributed by atoms with E-state index in [1.54, 1.807) is 0 Å². The lowest BCUT2D eigenvalue weighted by Gasteiger charge is -2.32. The van der Waals surface area contributed by atoms with E-state index >= 15 is 0 Å². The average Bonchev–Trinajstić information content (AvgIpc) is 3.26. The number of carbonyl (C=O) groups is 1. The monoisotopic (exact) mass is 397 g/mol. The van der Waals surface area contributed by atoms with E-state index in [0.717, 1.165) is 51.2 Å². The molecule has 4 heterocycles. The summed E-state index contributed by atoms with van der Waals surface area (Å²) in [4.78, 5) is 29.0. The number of aromatic nitrogens is 4.